The Bertz CT molecular complexity index is 952. The number of nitrogens with one attached hydrogen (secondary N) is 1. The second-order valence-electron chi connectivity index (χ2n) is 6.15. The van der Waals surface area contributed by atoms with Crippen LogP contribution in [-0.2, 0) is 17.6 Å². The number of carbonyl (C=O) groups is 1. The number of non-ortho nitro benzene ring substituents is 1. The Balaban J connectivity index is 1.72. The van der Waals surface area contributed by atoms with Crippen LogP contribution in [0.5, 0.6) is 0 Å². The first-order valence-corrected chi connectivity index (χ1v) is 8.56. The molecule has 0 radical (unpaired) electrons. The summed E-state index contributed by atoms with van der Waals surface area (Å²) in [7, 11) is 0. The van der Waals surface area contributed by atoms with Crippen molar-refractivity contribution in [3.8, 4) is 11.3 Å². The Morgan fingerprint density at radius 3 is 2.41 bits per heavy atom. The smallest absolute Gasteiger partial charge is 0.307 e. The normalized spacial score (nSPS) is 11.9. The van der Waals surface area contributed by atoms with Crippen molar-refractivity contribution >= 4 is 23.3 Å². The van der Waals surface area contributed by atoms with Crippen LogP contribution in [0.2, 0.25) is 5.02 Å². The quantitative estimate of drug-likeness (QED) is 0.469. The van der Waals surface area contributed by atoms with E-state index in [9.17, 15) is 20.0 Å². The van der Waals surface area contributed by atoms with Crippen LogP contribution < -0.4 is 0 Å². The number of rotatable bonds is 7. The highest BCUT2D eigenvalue weighted by Gasteiger charge is 2.20. The van der Waals surface area contributed by atoms with Crippen molar-refractivity contribution in [1.82, 2.24) is 10.2 Å². The maximum atomic E-state index is 11.6. The molecule has 0 aliphatic carbocycles. The Hall–Kier alpha value is -3.19. The third kappa shape index (κ3) is 4.71. The van der Waals surface area contributed by atoms with Gasteiger partial charge in [-0.3, -0.25) is 20.0 Å². The van der Waals surface area contributed by atoms with Crippen LogP contribution in [0.25, 0.3) is 11.3 Å². The van der Waals surface area contributed by atoms with E-state index >= 15 is 0 Å². The molecule has 1 unspecified atom stereocenters. The van der Waals surface area contributed by atoms with Gasteiger partial charge in [-0.25, -0.2) is 0 Å². The molecule has 27 heavy (non-hydrogen) atoms. The van der Waals surface area contributed by atoms with E-state index in [2.05, 4.69) is 10.2 Å². The summed E-state index contributed by atoms with van der Waals surface area (Å²) in [6, 6.07) is 14.9. The molecule has 2 aromatic carbocycles. The number of H-pyrrole nitrogens is 1. The summed E-state index contributed by atoms with van der Waals surface area (Å²) >= 11 is 5.88. The highest BCUT2D eigenvalue weighted by molar-refractivity contribution is 6.30. The van der Waals surface area contributed by atoms with Crippen molar-refractivity contribution < 1.29 is 14.8 Å². The summed E-state index contributed by atoms with van der Waals surface area (Å²) in [5, 5.41) is 28.0. The van der Waals surface area contributed by atoms with Gasteiger partial charge in [-0.15, -0.1) is 0 Å². The number of aromatic amines is 1. The third-order valence-electron chi connectivity index (χ3n) is 4.22. The summed E-state index contributed by atoms with van der Waals surface area (Å²) < 4.78 is 0. The second kappa shape index (κ2) is 8.01. The van der Waals surface area contributed by atoms with E-state index in [0.717, 1.165) is 11.1 Å². The van der Waals surface area contributed by atoms with Gasteiger partial charge in [0.25, 0.3) is 5.69 Å². The van der Waals surface area contributed by atoms with Gasteiger partial charge in [0, 0.05) is 34.8 Å². The molecule has 8 heteroatoms. The number of benzene rings is 2. The number of aromatic nitrogens is 2. The van der Waals surface area contributed by atoms with Crippen molar-refractivity contribution in [2.45, 2.75) is 12.8 Å². The Morgan fingerprint density at radius 1 is 1.15 bits per heavy atom. The van der Waals surface area contributed by atoms with E-state index in [-0.39, 0.29) is 18.5 Å². The monoisotopic (exact) mass is 385 g/mol. The van der Waals surface area contributed by atoms with E-state index in [1.807, 2.05) is 18.2 Å². The zero-order chi connectivity index (χ0) is 19.4. The maximum absolute atomic E-state index is 11.6. The zero-order valence-electron chi connectivity index (χ0n) is 14.1. The summed E-state index contributed by atoms with van der Waals surface area (Å²) in [4.78, 5) is 21.9. The minimum Gasteiger partial charge on any atom is -0.481 e. The van der Waals surface area contributed by atoms with Gasteiger partial charge < -0.3 is 5.11 Å². The van der Waals surface area contributed by atoms with Crippen molar-refractivity contribution in [2.75, 3.05) is 0 Å². The van der Waals surface area contributed by atoms with E-state index in [1.165, 1.54) is 12.1 Å². The van der Waals surface area contributed by atoms with Gasteiger partial charge in [0.2, 0.25) is 0 Å². The summed E-state index contributed by atoms with van der Waals surface area (Å²) in [5.74, 6) is -1.61. The molecule has 0 aliphatic heterocycles. The first-order valence-electron chi connectivity index (χ1n) is 8.19. The van der Waals surface area contributed by atoms with Gasteiger partial charge in [0.05, 0.1) is 16.5 Å². The molecule has 138 valence electrons. The molecule has 0 spiro atoms. The van der Waals surface area contributed by atoms with E-state index in [4.69, 9.17) is 11.6 Å². The van der Waals surface area contributed by atoms with Crippen LogP contribution in [0.15, 0.2) is 54.6 Å². The molecule has 1 heterocycles. The fourth-order valence-electron chi connectivity index (χ4n) is 2.79. The van der Waals surface area contributed by atoms with E-state index in [1.54, 1.807) is 24.3 Å². The van der Waals surface area contributed by atoms with Crippen LogP contribution in [0.4, 0.5) is 5.69 Å². The van der Waals surface area contributed by atoms with Gasteiger partial charge in [0.15, 0.2) is 0 Å². The minimum absolute atomic E-state index is 0.0215. The van der Waals surface area contributed by atoms with E-state index < -0.39 is 16.8 Å². The molecular weight excluding hydrogens is 370 g/mol. The van der Waals surface area contributed by atoms with Gasteiger partial charge in [-0.1, -0.05) is 35.9 Å². The second-order valence-corrected chi connectivity index (χ2v) is 6.59. The van der Waals surface area contributed by atoms with Crippen LogP contribution in [0.1, 0.15) is 11.3 Å². The number of aliphatic carboxylic acids is 1. The fraction of sp³-hybridized carbons (Fsp3) is 0.158. The van der Waals surface area contributed by atoms with Gasteiger partial charge in [-0.2, -0.15) is 5.10 Å². The highest BCUT2D eigenvalue weighted by Crippen LogP contribution is 2.22. The molecule has 1 aromatic heterocycles. The minimum atomic E-state index is -0.934. The lowest BCUT2D eigenvalue weighted by Crippen LogP contribution is -2.19. The lowest BCUT2D eigenvalue weighted by molar-refractivity contribution is -0.384. The number of carboxylic acids is 1. The van der Waals surface area contributed by atoms with Crippen molar-refractivity contribution in [3.63, 3.8) is 0 Å². The summed E-state index contributed by atoms with van der Waals surface area (Å²) in [6.45, 7) is 0. The maximum Gasteiger partial charge on any atom is 0.307 e. The Morgan fingerprint density at radius 2 is 1.81 bits per heavy atom. The largest absolute Gasteiger partial charge is 0.481 e. The standard InChI is InChI=1S/C19H16ClN3O4/c20-15-5-3-13(4-6-15)18-11-16(21-22-18)10-14(19(24)25)9-12-1-7-17(8-2-12)23(26)27/h1-8,11,14H,9-10H2,(H,21,22)(H,24,25). The molecule has 0 aliphatic rings. The molecule has 0 saturated heterocycles. The topological polar surface area (TPSA) is 109 Å². The number of nitro benzene ring substituents is 1. The third-order valence-corrected chi connectivity index (χ3v) is 4.47. The fourth-order valence-corrected chi connectivity index (χ4v) is 2.91. The van der Waals surface area contributed by atoms with Crippen molar-refractivity contribution in [3.05, 3.63) is 81.0 Å². The number of nitrogens with zero attached hydrogens (tertiary/aromatic N) is 2. The number of hydrogen-bond acceptors (Lipinski definition) is 4. The number of carboxylic acid groups (broad SMARTS) is 1. The lowest BCUT2D eigenvalue weighted by Gasteiger charge is -2.11. The molecule has 1 atom stereocenters. The Labute approximate surface area is 159 Å². The summed E-state index contributed by atoms with van der Waals surface area (Å²) in [5.41, 5.74) is 3.00. The predicted molar refractivity (Wildman–Crippen MR) is 101 cm³/mol. The van der Waals surface area contributed by atoms with E-state index in [0.29, 0.717) is 16.4 Å². The van der Waals surface area contributed by atoms with Crippen molar-refractivity contribution in [2.24, 2.45) is 5.92 Å². The molecule has 7 nitrogen and oxygen atoms in total. The van der Waals surface area contributed by atoms with Crippen LogP contribution in [0, 0.1) is 16.0 Å². The first kappa shape index (κ1) is 18.6. The SMILES string of the molecule is O=C(O)C(Cc1ccc([N+](=O)[O-])cc1)Cc1cc(-c2ccc(Cl)cc2)n[nH]1. The van der Waals surface area contributed by atoms with Crippen LogP contribution >= 0.6 is 11.6 Å². The Kier molecular flexibility index (Phi) is 5.52. The van der Waals surface area contributed by atoms with Crippen LogP contribution in [-0.4, -0.2) is 26.2 Å². The molecule has 0 bridgehead atoms. The average molecular weight is 386 g/mol. The molecule has 2 N–H and O–H groups in total. The highest BCUT2D eigenvalue weighted by atomic mass is 35.5. The zero-order valence-corrected chi connectivity index (χ0v) is 14.9. The van der Waals surface area contributed by atoms with Crippen molar-refractivity contribution in [1.29, 1.82) is 0 Å². The lowest BCUT2D eigenvalue weighted by atomic mass is 9.94. The molecule has 0 amide bonds. The number of nitro groups is 1. The molecule has 3 aromatic rings. The number of hydrogen-bond donors (Lipinski definition) is 2. The molecule has 3 rings (SSSR count). The van der Waals surface area contributed by atoms with Gasteiger partial charge in [0.1, 0.15) is 0 Å². The van der Waals surface area contributed by atoms with Gasteiger partial charge in [-0.05, 0) is 30.2 Å². The molecular formula is C19H16ClN3O4. The molecule has 0 fully saturated rings. The number of halogens is 1. The first-order chi connectivity index (χ1) is 12.9. The summed E-state index contributed by atoms with van der Waals surface area (Å²) in [6.07, 6.45) is 0.537. The van der Waals surface area contributed by atoms with Gasteiger partial charge >= 0.3 is 5.97 Å². The van der Waals surface area contributed by atoms with Crippen LogP contribution in [0.3, 0.4) is 0 Å². The predicted octanol–water partition coefficient (Wildman–Crippen LogP) is 4.12. The average Bonchev–Trinajstić information content (AvgIpc) is 3.10. The molecule has 0 saturated carbocycles.